The summed E-state index contributed by atoms with van der Waals surface area (Å²) in [5, 5.41) is 0. The Morgan fingerprint density at radius 1 is 0.857 bits per heavy atom. The fraction of sp³-hybridized carbons (Fsp3) is 0.909. The van der Waals surface area contributed by atoms with Crippen LogP contribution in [0.1, 0.15) is 20.8 Å². The molecule has 21 heavy (non-hydrogen) atoms. The van der Waals surface area contributed by atoms with E-state index in [2.05, 4.69) is 14.1 Å². The van der Waals surface area contributed by atoms with Gasteiger partial charge < -0.3 is 13.3 Å². The molecule has 10 heteroatoms. The Morgan fingerprint density at radius 3 is 1.43 bits per heavy atom. The van der Waals surface area contributed by atoms with Crippen LogP contribution in [0, 0.1) is 0 Å². The molecule has 0 spiro atoms. The van der Waals surface area contributed by atoms with E-state index in [-0.39, 0.29) is 54.0 Å². The van der Waals surface area contributed by atoms with Gasteiger partial charge in [-0.05, 0) is 33.0 Å². The Balaban J connectivity index is -0.000000213. The monoisotopic (exact) mass is 416 g/mol. The minimum Gasteiger partial charge on any atom is -0.374 e. The third kappa shape index (κ3) is 14.8. The molecule has 134 valence electrons. The van der Waals surface area contributed by atoms with Crippen LogP contribution in [0.5, 0.6) is 0 Å². The smallest absolute Gasteiger partial charge is 0.374 e. The van der Waals surface area contributed by atoms with Crippen molar-refractivity contribution in [3.8, 4) is 0 Å². The average Bonchev–Trinajstić information content (AvgIpc) is 2.28. The molecule has 0 saturated heterocycles. The van der Waals surface area contributed by atoms with Gasteiger partial charge in [-0.2, -0.15) is 54.0 Å². The number of rotatable bonds is 10. The fourth-order valence-corrected chi connectivity index (χ4v) is 4.44. The van der Waals surface area contributed by atoms with Crippen molar-refractivity contribution < 1.29 is 17.8 Å². The van der Waals surface area contributed by atoms with Crippen molar-refractivity contribution >= 4 is 80.5 Å². The molecule has 0 saturated carbocycles. The van der Waals surface area contributed by atoms with Crippen molar-refractivity contribution in [1.82, 2.24) is 0 Å². The predicted octanol–water partition coefficient (Wildman–Crippen LogP) is 2.52. The molecule has 4 nitrogen and oxygen atoms in total. The summed E-state index contributed by atoms with van der Waals surface area (Å²) in [5.41, 5.74) is 1.75. The molecule has 0 bridgehead atoms. The molecule has 0 rings (SSSR count). The van der Waals surface area contributed by atoms with Gasteiger partial charge in [-0.15, -0.1) is 0 Å². The van der Waals surface area contributed by atoms with Crippen LogP contribution in [-0.2, 0) is 13.3 Å². The van der Waals surface area contributed by atoms with Gasteiger partial charge in [-0.25, -0.2) is 0 Å². The Hall–Kier alpha value is 1.55. The van der Waals surface area contributed by atoms with E-state index in [4.69, 9.17) is 25.5 Å². The largest absolute Gasteiger partial charge is 0.506 e. The first-order chi connectivity index (χ1) is 7.95. The van der Waals surface area contributed by atoms with Crippen LogP contribution >= 0.6 is 66.2 Å². The number of hydrogen-bond acceptors (Lipinski definition) is 4. The molecule has 0 heterocycles. The normalized spacial score (nSPS) is 10.3. The van der Waals surface area contributed by atoms with Crippen molar-refractivity contribution in [3.05, 3.63) is 0 Å². The van der Waals surface area contributed by atoms with Crippen molar-refractivity contribution in [2.75, 3.05) is 40.5 Å². The summed E-state index contributed by atoms with van der Waals surface area (Å²) in [4.78, 5) is 0. The maximum absolute atomic E-state index is 5.79. The minimum atomic E-state index is -2.50. The highest BCUT2D eigenvalue weighted by atomic mass is 32.1. The topological polar surface area (TPSA) is 27.7 Å². The Morgan fingerprint density at radius 2 is 1.19 bits per heavy atom. The van der Waals surface area contributed by atoms with E-state index < -0.39 is 8.80 Å². The fourth-order valence-electron chi connectivity index (χ4n) is 1.48. The van der Waals surface area contributed by atoms with Crippen LogP contribution in [0.3, 0.4) is 0 Å². The Bertz CT molecular complexity index is 221. The number of thiocarbonyl (C=S) groups is 1. The van der Waals surface area contributed by atoms with Crippen molar-refractivity contribution in [2.45, 2.75) is 26.8 Å². The highest BCUT2D eigenvalue weighted by molar-refractivity contribution is 7.78. The maximum atomic E-state index is 5.79. The van der Waals surface area contributed by atoms with Gasteiger partial charge in [-0.1, -0.05) is 0 Å². The second-order valence-corrected chi connectivity index (χ2v) is 7.28. The highest BCUT2D eigenvalue weighted by Gasteiger charge is 2.42. The van der Waals surface area contributed by atoms with Crippen molar-refractivity contribution in [1.29, 1.82) is 0 Å². The van der Waals surface area contributed by atoms with E-state index in [9.17, 15) is 0 Å². The first-order valence-corrected chi connectivity index (χ1v) is 8.56. The van der Waals surface area contributed by atoms with Crippen LogP contribution in [0.4, 0.5) is 0 Å². The zero-order valence-electron chi connectivity index (χ0n) is 13.7. The first kappa shape index (κ1) is 34.0. The summed E-state index contributed by atoms with van der Waals surface area (Å²) in [5.74, 6) is 0. The molecule has 0 amide bonds. The molecule has 0 aliphatic rings. The molecule has 0 atom stereocenters. The third-order valence-corrected chi connectivity index (χ3v) is 5.96. The first-order valence-electron chi connectivity index (χ1n) is 6.16. The van der Waals surface area contributed by atoms with E-state index in [0.29, 0.717) is 24.3 Å². The van der Waals surface area contributed by atoms with Gasteiger partial charge in [0.2, 0.25) is 0 Å². The summed E-state index contributed by atoms with van der Waals surface area (Å²) in [6.07, 6.45) is 0. The Kier molecular flexibility index (Phi) is 29.0. The van der Waals surface area contributed by atoms with Gasteiger partial charge in [0.1, 0.15) is 0 Å². The van der Waals surface area contributed by atoms with E-state index in [0.717, 1.165) is 12.6 Å². The summed E-state index contributed by atoms with van der Waals surface area (Å²) in [7, 11) is 1.63. The maximum Gasteiger partial charge on any atom is 0.506 e. The lowest BCUT2D eigenvalue weighted by Gasteiger charge is -2.31. The molecule has 0 aromatic carbocycles. The second-order valence-electron chi connectivity index (χ2n) is 4.34. The molecular formula is C11H34NO3S5Si+. The van der Waals surface area contributed by atoms with E-state index in [1.807, 2.05) is 20.8 Å². The summed E-state index contributed by atoms with van der Waals surface area (Å²) in [6.45, 7) is 8.65. The predicted molar refractivity (Wildman–Crippen MR) is 118 cm³/mol. The number of nitrogens with zero attached hydrogens (tertiary/aromatic N) is 1. The summed E-state index contributed by atoms with van der Waals surface area (Å²) < 4.78 is 18.0. The molecule has 0 fully saturated rings. The molecular weight excluding hydrogens is 383 g/mol. The zero-order chi connectivity index (χ0) is 13.4. The molecule has 0 radical (unpaired) electrons. The lowest BCUT2D eigenvalue weighted by atomic mass is 10.6. The highest BCUT2D eigenvalue weighted by Crippen LogP contribution is 2.17. The van der Waals surface area contributed by atoms with Gasteiger partial charge in [0.05, 0.1) is 26.7 Å². The molecule has 0 unspecified atom stereocenters. The molecule has 0 aliphatic carbocycles. The quantitative estimate of drug-likeness (QED) is 0.311. The van der Waals surface area contributed by atoms with Gasteiger partial charge in [0.15, 0.2) is 5.49 Å². The minimum absolute atomic E-state index is 0. The van der Waals surface area contributed by atoms with Gasteiger partial charge in [0, 0.05) is 19.8 Å². The van der Waals surface area contributed by atoms with Crippen LogP contribution in [0.2, 0.25) is 6.04 Å². The number of hydrogen-bond donors (Lipinski definition) is 0. The van der Waals surface area contributed by atoms with E-state index in [1.54, 1.807) is 5.49 Å². The third-order valence-electron chi connectivity index (χ3n) is 2.37. The molecule has 0 aromatic heterocycles. The lowest BCUT2D eigenvalue weighted by Crippen LogP contribution is -2.50. The zero-order valence-corrected chi connectivity index (χ0v) is 19.5. The van der Waals surface area contributed by atoms with Crippen molar-refractivity contribution in [3.63, 3.8) is 0 Å². The van der Waals surface area contributed by atoms with Gasteiger partial charge in [0.25, 0.3) is 0 Å². The van der Waals surface area contributed by atoms with E-state index >= 15 is 0 Å². The van der Waals surface area contributed by atoms with Crippen LogP contribution in [0.15, 0.2) is 0 Å². The molecule has 0 aliphatic heterocycles. The Labute approximate surface area is 165 Å². The van der Waals surface area contributed by atoms with Crippen LogP contribution in [-0.4, -0.2) is 59.2 Å². The lowest BCUT2D eigenvalue weighted by molar-refractivity contribution is -0.787. The second kappa shape index (κ2) is 17.9. The average molecular weight is 417 g/mol. The number of quaternary nitrogens is 1. The summed E-state index contributed by atoms with van der Waals surface area (Å²) in [6, 6.07) is 0.794. The van der Waals surface area contributed by atoms with Crippen LogP contribution < -0.4 is 0 Å². The summed E-state index contributed by atoms with van der Waals surface area (Å²) >= 11 is 5.01. The SMILES string of the molecule is CCO[Si](CC[N+](C)(C)C=S)(OCC)OCC.S.S.S.S. The van der Waals surface area contributed by atoms with Gasteiger partial charge in [-0.3, -0.25) is 4.48 Å². The van der Waals surface area contributed by atoms with E-state index in [1.165, 1.54) is 0 Å². The standard InChI is InChI=1S/C11H26NO3SSi.4H2S/c1-6-13-17(14-7-2,15-8-3)10-9-12(4,5)11-16;;;;/h11H,6-10H2,1-5H3;4*1H2/q+1;;;;. The van der Waals surface area contributed by atoms with Crippen molar-refractivity contribution in [2.24, 2.45) is 0 Å². The van der Waals surface area contributed by atoms with Crippen LogP contribution in [0.25, 0.3) is 0 Å². The van der Waals surface area contributed by atoms with Gasteiger partial charge >= 0.3 is 8.80 Å². The molecule has 0 aromatic rings. The molecule has 0 N–H and O–H groups in total.